The van der Waals surface area contributed by atoms with Gasteiger partial charge in [0, 0.05) is 6.42 Å². The third-order valence-electron chi connectivity index (χ3n) is 8.81. The molecule has 0 bridgehead atoms. The summed E-state index contributed by atoms with van der Waals surface area (Å²) < 4.78 is 20.0. The van der Waals surface area contributed by atoms with Crippen molar-refractivity contribution in [3.63, 3.8) is 0 Å². The van der Waals surface area contributed by atoms with Gasteiger partial charge in [-0.2, -0.15) is 0 Å². The summed E-state index contributed by atoms with van der Waals surface area (Å²) in [5.41, 5.74) is 0. The largest absolute Gasteiger partial charge is 0.327 e. The van der Waals surface area contributed by atoms with E-state index in [1.54, 1.807) is 0 Å². The molecule has 0 aliphatic heterocycles. The van der Waals surface area contributed by atoms with Crippen molar-refractivity contribution in [3.8, 4) is 0 Å². The van der Waals surface area contributed by atoms with Gasteiger partial charge in [0.15, 0.2) is 0 Å². The van der Waals surface area contributed by atoms with Crippen molar-refractivity contribution in [3.05, 3.63) is 0 Å². The summed E-state index contributed by atoms with van der Waals surface area (Å²) in [6, 6.07) is 0. The van der Waals surface area contributed by atoms with Gasteiger partial charge in [-0.3, -0.25) is 0 Å². The summed E-state index contributed by atoms with van der Waals surface area (Å²) in [6.45, 7) is 13.8. The molecule has 0 aromatic heterocycles. The molecule has 0 aliphatic rings. The lowest BCUT2D eigenvalue weighted by Crippen LogP contribution is -2.41. The van der Waals surface area contributed by atoms with Gasteiger partial charge in [-0.15, -0.1) is 0 Å². The van der Waals surface area contributed by atoms with Gasteiger partial charge in [-0.25, -0.2) is 0 Å². The Labute approximate surface area is 260 Å². The topological polar surface area (TPSA) is 27.7 Å². The van der Waals surface area contributed by atoms with Crippen LogP contribution in [-0.2, 0) is 14.2 Å². The van der Waals surface area contributed by atoms with Crippen molar-refractivity contribution < 1.29 is 14.2 Å². The van der Waals surface area contributed by atoms with E-state index in [0.717, 1.165) is 45.5 Å². The molecule has 0 heterocycles. The molecule has 248 valence electrons. The maximum Gasteiger partial charge on any atom is 0.282 e. The van der Waals surface area contributed by atoms with Crippen LogP contribution in [0.5, 0.6) is 0 Å². The van der Waals surface area contributed by atoms with Gasteiger partial charge in [0.25, 0.3) is 5.97 Å². The van der Waals surface area contributed by atoms with Gasteiger partial charge in [0.1, 0.15) is 0 Å². The third kappa shape index (κ3) is 27.2. The normalized spacial score (nSPS) is 14.0. The van der Waals surface area contributed by atoms with Crippen LogP contribution >= 0.6 is 0 Å². The monoisotopic (exact) mass is 583 g/mol. The Balaban J connectivity index is 4.97. The quantitative estimate of drug-likeness (QED) is 0.0549. The van der Waals surface area contributed by atoms with E-state index in [4.69, 9.17) is 14.2 Å². The van der Waals surface area contributed by atoms with E-state index in [2.05, 4.69) is 34.6 Å². The van der Waals surface area contributed by atoms with Crippen molar-refractivity contribution >= 4 is 0 Å². The lowest BCUT2D eigenvalue weighted by molar-refractivity contribution is -0.387. The second-order valence-corrected chi connectivity index (χ2v) is 12.9. The lowest BCUT2D eigenvalue weighted by Gasteiger charge is -2.35. The Hall–Kier alpha value is -0.120. The lowest BCUT2D eigenvalue weighted by atomic mass is 10.0. The number of ether oxygens (including phenoxy) is 3. The second-order valence-electron chi connectivity index (χ2n) is 12.9. The van der Waals surface area contributed by atoms with Crippen LogP contribution in [0, 0.1) is 5.92 Å². The molecular formula is C38H78O3. The highest BCUT2D eigenvalue weighted by Gasteiger charge is 2.34. The Kier molecular flexibility index (Phi) is 32.7. The summed E-state index contributed by atoms with van der Waals surface area (Å²) >= 11 is 0. The average molecular weight is 583 g/mol. The van der Waals surface area contributed by atoms with Crippen molar-refractivity contribution in [1.82, 2.24) is 0 Å². The summed E-state index contributed by atoms with van der Waals surface area (Å²) in [6.07, 6.45) is 36.1. The van der Waals surface area contributed by atoms with E-state index in [1.807, 2.05) is 0 Å². The first kappa shape index (κ1) is 40.9. The van der Waals surface area contributed by atoms with Gasteiger partial charge in [0.2, 0.25) is 0 Å². The predicted octanol–water partition coefficient (Wildman–Crippen LogP) is 13.3. The molecule has 0 N–H and O–H groups in total. The van der Waals surface area contributed by atoms with Crippen LogP contribution in [0.15, 0.2) is 0 Å². The molecule has 0 radical (unpaired) electrons. The summed E-state index contributed by atoms with van der Waals surface area (Å²) in [5.74, 6) is -0.243. The zero-order valence-electron chi connectivity index (χ0n) is 29.2. The van der Waals surface area contributed by atoms with Crippen LogP contribution in [-0.4, -0.2) is 25.8 Å². The maximum absolute atomic E-state index is 6.72. The summed E-state index contributed by atoms with van der Waals surface area (Å²) in [7, 11) is 0. The van der Waals surface area contributed by atoms with Gasteiger partial charge >= 0.3 is 0 Å². The van der Waals surface area contributed by atoms with E-state index < -0.39 is 5.97 Å². The molecule has 0 amide bonds. The number of rotatable bonds is 35. The molecule has 0 fully saturated rings. The van der Waals surface area contributed by atoms with Crippen molar-refractivity contribution in [2.24, 2.45) is 5.92 Å². The molecule has 0 aromatic rings. The van der Waals surface area contributed by atoms with Crippen LogP contribution in [0.2, 0.25) is 0 Å². The van der Waals surface area contributed by atoms with Crippen LogP contribution in [0.1, 0.15) is 214 Å². The maximum atomic E-state index is 6.72. The third-order valence-corrected chi connectivity index (χ3v) is 8.81. The van der Waals surface area contributed by atoms with Crippen LogP contribution in [0.3, 0.4) is 0 Å². The van der Waals surface area contributed by atoms with Gasteiger partial charge < -0.3 is 14.2 Å². The Morgan fingerprint density at radius 2 is 0.756 bits per heavy atom. The molecular weight excluding hydrogens is 504 g/mol. The molecule has 0 saturated carbocycles. The minimum atomic E-state index is -0.842. The van der Waals surface area contributed by atoms with Crippen LogP contribution < -0.4 is 0 Å². The zero-order valence-corrected chi connectivity index (χ0v) is 29.2. The fourth-order valence-electron chi connectivity index (χ4n) is 5.71. The first-order valence-corrected chi connectivity index (χ1v) is 19.1. The van der Waals surface area contributed by atoms with E-state index in [0.29, 0.717) is 5.92 Å². The smallest absolute Gasteiger partial charge is 0.282 e. The van der Waals surface area contributed by atoms with Crippen molar-refractivity contribution in [1.29, 1.82) is 0 Å². The fraction of sp³-hybridized carbons (Fsp3) is 1.00. The van der Waals surface area contributed by atoms with E-state index >= 15 is 0 Å². The molecule has 0 rings (SSSR count). The minimum Gasteiger partial charge on any atom is -0.327 e. The summed E-state index contributed by atoms with van der Waals surface area (Å²) in [4.78, 5) is 0. The molecule has 0 aliphatic carbocycles. The van der Waals surface area contributed by atoms with Gasteiger partial charge in [0.05, 0.1) is 19.8 Å². The first-order chi connectivity index (χ1) is 20.2. The van der Waals surface area contributed by atoms with E-state index in [9.17, 15) is 0 Å². The highest BCUT2D eigenvalue weighted by Crippen LogP contribution is 2.28. The Bertz CT molecular complexity index is 458. The highest BCUT2D eigenvalue weighted by molar-refractivity contribution is 4.65. The Morgan fingerprint density at radius 1 is 0.390 bits per heavy atom. The zero-order chi connectivity index (χ0) is 30.1. The average Bonchev–Trinajstić information content (AvgIpc) is 2.99. The van der Waals surface area contributed by atoms with Crippen molar-refractivity contribution in [2.45, 2.75) is 220 Å². The molecule has 3 nitrogen and oxygen atoms in total. The fourth-order valence-corrected chi connectivity index (χ4v) is 5.71. The number of hydrogen-bond donors (Lipinski definition) is 0. The molecule has 0 aromatic carbocycles. The molecule has 41 heavy (non-hydrogen) atoms. The predicted molar refractivity (Wildman–Crippen MR) is 182 cm³/mol. The van der Waals surface area contributed by atoms with E-state index in [1.165, 1.54) is 154 Å². The van der Waals surface area contributed by atoms with Crippen LogP contribution in [0.4, 0.5) is 0 Å². The number of hydrogen-bond acceptors (Lipinski definition) is 3. The van der Waals surface area contributed by atoms with E-state index in [-0.39, 0.29) is 0 Å². The molecule has 3 heteroatoms. The molecule has 0 spiro atoms. The van der Waals surface area contributed by atoms with Crippen LogP contribution in [0.25, 0.3) is 0 Å². The standard InChI is InChI=1S/C38H78O3/c1-6-11-15-18-21-23-24-26-29-33-38(39-34-30-27-20-17-13-8-3,41-36-37(10-5)32-14-9-4)40-35-31-28-25-22-19-16-12-7-2/h37H,6-36H2,1-5H3. The van der Waals surface area contributed by atoms with Gasteiger partial charge in [-0.1, -0.05) is 182 Å². The molecule has 2 unspecified atom stereocenters. The molecule has 2 atom stereocenters. The highest BCUT2D eigenvalue weighted by atomic mass is 16.9. The molecule has 0 saturated heterocycles. The Morgan fingerprint density at radius 3 is 1.15 bits per heavy atom. The SMILES string of the molecule is CCCCCCCCCCCC(OCCCCCCCC)(OCCCCCCCCCC)OCC(CC)CCCC. The number of unbranched alkanes of at least 4 members (excludes halogenated alkanes) is 21. The second kappa shape index (κ2) is 32.8. The van der Waals surface area contributed by atoms with Gasteiger partial charge in [-0.05, 0) is 31.6 Å². The van der Waals surface area contributed by atoms with Crippen molar-refractivity contribution in [2.75, 3.05) is 19.8 Å². The first-order valence-electron chi connectivity index (χ1n) is 19.1. The summed E-state index contributed by atoms with van der Waals surface area (Å²) in [5, 5.41) is 0. The minimum absolute atomic E-state index is 0.599.